The highest BCUT2D eigenvalue weighted by molar-refractivity contribution is 5.94. The van der Waals surface area contributed by atoms with Gasteiger partial charge in [0.1, 0.15) is 11.5 Å². The second-order valence-electron chi connectivity index (χ2n) is 7.41. The molecule has 152 valence electrons. The molecule has 0 saturated carbocycles. The third-order valence-corrected chi connectivity index (χ3v) is 5.39. The highest BCUT2D eigenvalue weighted by Gasteiger charge is 2.31. The Morgan fingerprint density at radius 2 is 2.07 bits per heavy atom. The van der Waals surface area contributed by atoms with E-state index < -0.39 is 0 Å². The number of para-hydroxylation sites is 1. The SMILES string of the molecule is CCn1nc2c(c1C(=O)NCc1nc3ccccc3c(=O)n1C)C[C@H](C)O[C@@H]2C. The maximum atomic E-state index is 13.1. The number of fused-ring (bicyclic) bond motifs is 2. The minimum atomic E-state index is -0.218. The van der Waals surface area contributed by atoms with Crippen LogP contribution in [0.3, 0.4) is 0 Å². The summed E-state index contributed by atoms with van der Waals surface area (Å²) in [5.74, 6) is 0.285. The van der Waals surface area contributed by atoms with Crippen LogP contribution in [0.15, 0.2) is 29.1 Å². The van der Waals surface area contributed by atoms with Crippen molar-refractivity contribution in [3.05, 3.63) is 57.4 Å². The third-order valence-electron chi connectivity index (χ3n) is 5.39. The summed E-state index contributed by atoms with van der Waals surface area (Å²) >= 11 is 0. The van der Waals surface area contributed by atoms with Crippen LogP contribution in [0.25, 0.3) is 10.9 Å². The van der Waals surface area contributed by atoms with Crippen molar-refractivity contribution in [2.24, 2.45) is 7.05 Å². The van der Waals surface area contributed by atoms with Gasteiger partial charge < -0.3 is 10.1 Å². The summed E-state index contributed by atoms with van der Waals surface area (Å²) in [4.78, 5) is 30.2. The summed E-state index contributed by atoms with van der Waals surface area (Å²) in [5, 5.41) is 8.08. The lowest BCUT2D eigenvalue weighted by Gasteiger charge is -2.24. The number of amides is 1. The molecular formula is C21H25N5O3. The number of carbonyl (C=O) groups is 1. The number of ether oxygens (including phenoxy) is 1. The van der Waals surface area contributed by atoms with Crippen molar-refractivity contribution in [1.29, 1.82) is 0 Å². The van der Waals surface area contributed by atoms with E-state index in [0.29, 0.717) is 35.4 Å². The first-order chi connectivity index (χ1) is 13.9. The van der Waals surface area contributed by atoms with Gasteiger partial charge in [0, 0.05) is 25.6 Å². The summed E-state index contributed by atoms with van der Waals surface area (Å²) in [7, 11) is 1.67. The van der Waals surface area contributed by atoms with E-state index in [9.17, 15) is 9.59 Å². The Hall–Kier alpha value is -3.00. The number of benzene rings is 1. The lowest BCUT2D eigenvalue weighted by molar-refractivity contribution is -0.00712. The van der Waals surface area contributed by atoms with Gasteiger partial charge >= 0.3 is 0 Å². The highest BCUT2D eigenvalue weighted by Crippen LogP contribution is 2.31. The van der Waals surface area contributed by atoms with Crippen LogP contribution in [0.4, 0.5) is 0 Å². The molecule has 1 aliphatic heterocycles. The first-order valence-electron chi connectivity index (χ1n) is 9.88. The summed E-state index contributed by atoms with van der Waals surface area (Å²) in [6.07, 6.45) is 0.535. The third kappa shape index (κ3) is 3.33. The Morgan fingerprint density at radius 1 is 1.31 bits per heavy atom. The van der Waals surface area contributed by atoms with E-state index in [1.165, 1.54) is 4.57 Å². The Kier molecular flexibility index (Phi) is 4.96. The molecule has 3 aromatic rings. The zero-order valence-corrected chi connectivity index (χ0v) is 17.1. The van der Waals surface area contributed by atoms with E-state index in [2.05, 4.69) is 15.4 Å². The molecule has 8 heteroatoms. The van der Waals surface area contributed by atoms with Gasteiger partial charge in [-0.2, -0.15) is 5.10 Å². The van der Waals surface area contributed by atoms with Gasteiger partial charge in [-0.25, -0.2) is 4.98 Å². The van der Waals surface area contributed by atoms with E-state index in [1.54, 1.807) is 23.9 Å². The molecule has 29 heavy (non-hydrogen) atoms. The molecule has 1 N–H and O–H groups in total. The molecule has 0 saturated heterocycles. The number of aryl methyl sites for hydroxylation is 1. The van der Waals surface area contributed by atoms with Crippen molar-refractivity contribution in [3.63, 3.8) is 0 Å². The van der Waals surface area contributed by atoms with Gasteiger partial charge in [-0.05, 0) is 32.9 Å². The van der Waals surface area contributed by atoms with Crippen molar-refractivity contribution >= 4 is 16.8 Å². The normalized spacial score (nSPS) is 18.6. The van der Waals surface area contributed by atoms with Gasteiger partial charge in [0.25, 0.3) is 11.5 Å². The van der Waals surface area contributed by atoms with Crippen LogP contribution in [0.5, 0.6) is 0 Å². The topological polar surface area (TPSA) is 91.0 Å². The fraction of sp³-hybridized carbons (Fsp3) is 0.429. The minimum Gasteiger partial charge on any atom is -0.369 e. The van der Waals surface area contributed by atoms with Crippen LogP contribution in [0.2, 0.25) is 0 Å². The van der Waals surface area contributed by atoms with Gasteiger partial charge in [-0.1, -0.05) is 12.1 Å². The lowest BCUT2D eigenvalue weighted by atomic mass is 9.99. The predicted molar refractivity (Wildman–Crippen MR) is 109 cm³/mol. The maximum Gasteiger partial charge on any atom is 0.270 e. The number of carbonyl (C=O) groups excluding carboxylic acids is 1. The number of rotatable bonds is 4. The Balaban J connectivity index is 1.64. The molecule has 2 aromatic heterocycles. The number of hydrogen-bond donors (Lipinski definition) is 1. The average molecular weight is 395 g/mol. The molecule has 3 heterocycles. The number of nitrogens with zero attached hydrogens (tertiary/aromatic N) is 4. The van der Waals surface area contributed by atoms with Gasteiger partial charge in [-0.3, -0.25) is 18.8 Å². The summed E-state index contributed by atoms with van der Waals surface area (Å²) in [6.45, 7) is 6.65. The van der Waals surface area contributed by atoms with Gasteiger partial charge in [0.2, 0.25) is 0 Å². The monoisotopic (exact) mass is 395 g/mol. The fourth-order valence-corrected chi connectivity index (χ4v) is 3.94. The molecule has 1 aromatic carbocycles. The van der Waals surface area contributed by atoms with Crippen LogP contribution in [-0.2, 0) is 31.3 Å². The van der Waals surface area contributed by atoms with E-state index >= 15 is 0 Å². The Labute approximate surface area is 168 Å². The molecule has 0 radical (unpaired) electrons. The zero-order valence-electron chi connectivity index (χ0n) is 17.1. The van der Waals surface area contributed by atoms with Gasteiger partial charge in [0.05, 0.1) is 35.3 Å². The highest BCUT2D eigenvalue weighted by atomic mass is 16.5. The smallest absolute Gasteiger partial charge is 0.270 e. The van der Waals surface area contributed by atoms with E-state index in [0.717, 1.165) is 11.3 Å². The van der Waals surface area contributed by atoms with Crippen LogP contribution in [0, 0.1) is 0 Å². The molecule has 8 nitrogen and oxygen atoms in total. The molecule has 0 bridgehead atoms. The van der Waals surface area contributed by atoms with E-state index in [-0.39, 0.29) is 30.2 Å². The lowest BCUT2D eigenvalue weighted by Crippen LogP contribution is -2.32. The van der Waals surface area contributed by atoms with Crippen molar-refractivity contribution in [2.75, 3.05) is 0 Å². The molecule has 0 unspecified atom stereocenters. The van der Waals surface area contributed by atoms with Crippen molar-refractivity contribution in [1.82, 2.24) is 24.6 Å². The summed E-state index contributed by atoms with van der Waals surface area (Å²) in [6, 6.07) is 7.21. The Morgan fingerprint density at radius 3 is 2.83 bits per heavy atom. The quantitative estimate of drug-likeness (QED) is 0.731. The molecule has 0 spiro atoms. The summed E-state index contributed by atoms with van der Waals surface area (Å²) < 4.78 is 9.05. The first-order valence-corrected chi connectivity index (χ1v) is 9.88. The standard InChI is InChI=1S/C21H25N5O3/c1-5-26-19(15-10-12(2)29-13(3)18(15)24-26)20(27)22-11-17-23-16-9-7-6-8-14(16)21(28)25(17)4/h6-9,12-13H,5,10-11H2,1-4H3,(H,22,27)/t12-,13+/m0/s1. The van der Waals surface area contributed by atoms with Crippen molar-refractivity contribution < 1.29 is 9.53 Å². The van der Waals surface area contributed by atoms with E-state index in [1.807, 2.05) is 32.9 Å². The second kappa shape index (κ2) is 7.44. The second-order valence-corrected chi connectivity index (χ2v) is 7.41. The number of hydrogen-bond acceptors (Lipinski definition) is 5. The molecule has 1 amide bonds. The predicted octanol–water partition coefficient (Wildman–Crippen LogP) is 2.10. The molecule has 0 aliphatic carbocycles. The molecule has 0 fully saturated rings. The van der Waals surface area contributed by atoms with Gasteiger partial charge in [-0.15, -0.1) is 0 Å². The van der Waals surface area contributed by atoms with Crippen LogP contribution in [0.1, 0.15) is 54.4 Å². The van der Waals surface area contributed by atoms with Crippen LogP contribution < -0.4 is 10.9 Å². The fourth-order valence-electron chi connectivity index (χ4n) is 3.94. The zero-order chi connectivity index (χ0) is 20.7. The number of aromatic nitrogens is 4. The molecule has 1 aliphatic rings. The maximum absolute atomic E-state index is 13.1. The first kappa shape index (κ1) is 19.3. The van der Waals surface area contributed by atoms with Crippen LogP contribution in [-0.4, -0.2) is 31.3 Å². The van der Waals surface area contributed by atoms with Crippen molar-refractivity contribution in [3.8, 4) is 0 Å². The molecule has 2 atom stereocenters. The van der Waals surface area contributed by atoms with Gasteiger partial charge in [0.15, 0.2) is 0 Å². The largest absolute Gasteiger partial charge is 0.369 e. The summed E-state index contributed by atoms with van der Waals surface area (Å²) in [5.41, 5.74) is 2.82. The number of nitrogens with one attached hydrogen (secondary N) is 1. The average Bonchev–Trinajstić information content (AvgIpc) is 3.08. The van der Waals surface area contributed by atoms with E-state index in [4.69, 9.17) is 4.74 Å². The van der Waals surface area contributed by atoms with Crippen molar-refractivity contribution in [2.45, 2.75) is 52.5 Å². The molecular weight excluding hydrogens is 370 g/mol. The van der Waals surface area contributed by atoms with Crippen LogP contribution >= 0.6 is 0 Å². The molecule has 4 rings (SSSR count). The minimum absolute atomic E-state index is 0.0292. The Bertz CT molecular complexity index is 1150.